The van der Waals surface area contributed by atoms with Gasteiger partial charge in [-0.05, 0) is 24.5 Å². The van der Waals surface area contributed by atoms with Crippen LogP contribution in [0.1, 0.15) is 24.5 Å². The van der Waals surface area contributed by atoms with E-state index in [1.807, 2.05) is 48.5 Å². The molecule has 0 heterocycles. The molecule has 0 radical (unpaired) electrons. The minimum absolute atomic E-state index is 0.0148. The SMILES string of the molecule is CC(CCO)N(OC(=O)OCc1ccccc1)C(=O)OCc1ccccc1. The second-order valence-corrected chi connectivity index (χ2v) is 5.84. The van der Waals surface area contributed by atoms with Gasteiger partial charge in [0.2, 0.25) is 0 Å². The molecule has 1 amide bonds. The summed E-state index contributed by atoms with van der Waals surface area (Å²) in [5.41, 5.74) is 1.59. The largest absolute Gasteiger partial charge is 0.533 e. The maximum absolute atomic E-state index is 12.3. The number of aliphatic hydroxyl groups is 1. The lowest BCUT2D eigenvalue weighted by Gasteiger charge is -2.25. The van der Waals surface area contributed by atoms with Gasteiger partial charge in [0.05, 0.1) is 6.04 Å². The average Bonchev–Trinajstić information content (AvgIpc) is 2.70. The van der Waals surface area contributed by atoms with E-state index in [0.717, 1.165) is 16.2 Å². The van der Waals surface area contributed by atoms with Gasteiger partial charge in [-0.3, -0.25) is 4.84 Å². The summed E-state index contributed by atoms with van der Waals surface area (Å²) in [6, 6.07) is 17.6. The molecule has 0 bridgehead atoms. The molecule has 1 atom stereocenters. The molecule has 0 fully saturated rings. The monoisotopic (exact) mass is 373 g/mol. The van der Waals surface area contributed by atoms with Gasteiger partial charge >= 0.3 is 12.2 Å². The predicted molar refractivity (Wildman–Crippen MR) is 97.3 cm³/mol. The molecule has 0 aliphatic carbocycles. The van der Waals surface area contributed by atoms with Crippen LogP contribution in [0.3, 0.4) is 0 Å². The van der Waals surface area contributed by atoms with Crippen molar-refractivity contribution in [1.82, 2.24) is 5.06 Å². The molecule has 2 rings (SSSR count). The highest BCUT2D eigenvalue weighted by molar-refractivity contribution is 5.69. The molecule has 7 nitrogen and oxygen atoms in total. The molecule has 2 aromatic rings. The van der Waals surface area contributed by atoms with Crippen molar-refractivity contribution in [3.8, 4) is 0 Å². The van der Waals surface area contributed by atoms with Gasteiger partial charge in [-0.2, -0.15) is 0 Å². The van der Waals surface area contributed by atoms with Crippen molar-refractivity contribution >= 4 is 12.2 Å². The Labute approximate surface area is 158 Å². The second kappa shape index (κ2) is 10.8. The van der Waals surface area contributed by atoms with Crippen molar-refractivity contribution in [2.45, 2.75) is 32.6 Å². The fourth-order valence-corrected chi connectivity index (χ4v) is 2.22. The smallest absolute Gasteiger partial charge is 0.442 e. The van der Waals surface area contributed by atoms with Crippen LogP contribution in [-0.2, 0) is 27.5 Å². The van der Waals surface area contributed by atoms with E-state index in [1.54, 1.807) is 19.1 Å². The van der Waals surface area contributed by atoms with Gasteiger partial charge < -0.3 is 14.6 Å². The number of hydrogen-bond acceptors (Lipinski definition) is 6. The van der Waals surface area contributed by atoms with E-state index in [9.17, 15) is 9.59 Å². The molecule has 2 aromatic carbocycles. The summed E-state index contributed by atoms with van der Waals surface area (Å²) >= 11 is 0. The molecule has 0 aromatic heterocycles. The zero-order chi connectivity index (χ0) is 19.5. The Hall–Kier alpha value is -3.06. The van der Waals surface area contributed by atoms with E-state index < -0.39 is 18.3 Å². The highest BCUT2D eigenvalue weighted by Crippen LogP contribution is 2.11. The van der Waals surface area contributed by atoms with E-state index in [0.29, 0.717) is 0 Å². The maximum atomic E-state index is 12.3. The first-order valence-electron chi connectivity index (χ1n) is 8.59. The van der Waals surface area contributed by atoms with Gasteiger partial charge in [0.1, 0.15) is 13.2 Å². The number of hydrogen-bond donors (Lipinski definition) is 1. The first kappa shape index (κ1) is 20.3. The van der Waals surface area contributed by atoms with Crippen LogP contribution in [0.4, 0.5) is 9.59 Å². The van der Waals surface area contributed by atoms with Crippen LogP contribution in [0.25, 0.3) is 0 Å². The van der Waals surface area contributed by atoms with Crippen molar-refractivity contribution in [2.24, 2.45) is 0 Å². The number of amides is 1. The Bertz CT molecular complexity index is 707. The number of aliphatic hydroxyl groups excluding tert-OH is 1. The number of ether oxygens (including phenoxy) is 2. The van der Waals surface area contributed by atoms with Gasteiger partial charge in [0.15, 0.2) is 0 Å². The summed E-state index contributed by atoms with van der Waals surface area (Å²) in [7, 11) is 0. The number of hydroxylamine groups is 2. The van der Waals surface area contributed by atoms with Gasteiger partial charge in [-0.15, -0.1) is 5.06 Å². The van der Waals surface area contributed by atoms with Crippen LogP contribution in [-0.4, -0.2) is 35.1 Å². The summed E-state index contributed by atoms with van der Waals surface area (Å²) in [4.78, 5) is 29.3. The van der Waals surface area contributed by atoms with E-state index in [2.05, 4.69) is 0 Å². The highest BCUT2D eigenvalue weighted by atomic mass is 16.8. The highest BCUT2D eigenvalue weighted by Gasteiger charge is 2.27. The lowest BCUT2D eigenvalue weighted by atomic mass is 10.2. The second-order valence-electron chi connectivity index (χ2n) is 5.84. The van der Waals surface area contributed by atoms with Crippen LogP contribution >= 0.6 is 0 Å². The summed E-state index contributed by atoms with van der Waals surface area (Å²) in [5, 5.41) is 9.90. The first-order chi connectivity index (χ1) is 13.1. The summed E-state index contributed by atoms with van der Waals surface area (Å²) < 4.78 is 10.2. The minimum atomic E-state index is -1.03. The standard InChI is InChI=1S/C20H23NO6/c1-16(12-13-22)21(19(23)25-14-17-8-4-2-5-9-17)27-20(24)26-15-18-10-6-3-7-11-18/h2-11,16,22H,12-15H2,1H3. The van der Waals surface area contributed by atoms with Crippen LogP contribution in [0.2, 0.25) is 0 Å². The first-order valence-corrected chi connectivity index (χ1v) is 8.59. The maximum Gasteiger partial charge on any atom is 0.533 e. The number of benzene rings is 2. The molecule has 0 spiro atoms. The molecular weight excluding hydrogens is 350 g/mol. The molecule has 0 saturated heterocycles. The Morgan fingerprint density at radius 2 is 1.44 bits per heavy atom. The van der Waals surface area contributed by atoms with Crippen molar-refractivity contribution in [2.75, 3.05) is 6.61 Å². The normalized spacial score (nSPS) is 11.3. The van der Waals surface area contributed by atoms with Gasteiger partial charge in [-0.25, -0.2) is 9.59 Å². The fraction of sp³-hybridized carbons (Fsp3) is 0.300. The third-order valence-electron chi connectivity index (χ3n) is 3.70. The predicted octanol–water partition coefficient (Wildman–Crippen LogP) is 3.66. The number of carbonyl (C=O) groups excluding carboxylic acids is 2. The van der Waals surface area contributed by atoms with Gasteiger partial charge in [0.25, 0.3) is 0 Å². The molecule has 1 unspecified atom stereocenters. The Balaban J connectivity index is 1.91. The third-order valence-corrected chi connectivity index (χ3v) is 3.70. The number of rotatable bonds is 7. The molecule has 0 saturated carbocycles. The molecule has 1 N–H and O–H groups in total. The van der Waals surface area contributed by atoms with Crippen LogP contribution in [0.15, 0.2) is 60.7 Å². The van der Waals surface area contributed by atoms with Crippen molar-refractivity contribution in [3.05, 3.63) is 71.8 Å². The molecule has 144 valence electrons. The van der Waals surface area contributed by atoms with E-state index in [4.69, 9.17) is 19.4 Å². The number of carbonyl (C=O) groups is 2. The van der Waals surface area contributed by atoms with E-state index >= 15 is 0 Å². The van der Waals surface area contributed by atoms with Crippen LogP contribution in [0, 0.1) is 0 Å². The fourth-order valence-electron chi connectivity index (χ4n) is 2.22. The van der Waals surface area contributed by atoms with E-state index in [1.165, 1.54) is 0 Å². The minimum Gasteiger partial charge on any atom is -0.442 e. The van der Waals surface area contributed by atoms with Gasteiger partial charge in [-0.1, -0.05) is 60.7 Å². The van der Waals surface area contributed by atoms with Crippen molar-refractivity contribution in [1.29, 1.82) is 0 Å². The Morgan fingerprint density at radius 1 is 0.926 bits per heavy atom. The molecular formula is C20H23NO6. The van der Waals surface area contributed by atoms with Crippen molar-refractivity contribution in [3.63, 3.8) is 0 Å². The van der Waals surface area contributed by atoms with Crippen molar-refractivity contribution < 1.29 is 29.0 Å². The third kappa shape index (κ3) is 6.99. The molecule has 0 aliphatic rings. The summed E-state index contributed by atoms with van der Waals surface area (Å²) in [5.74, 6) is 0. The molecule has 7 heteroatoms. The average molecular weight is 373 g/mol. The number of nitrogens with zero attached hydrogens (tertiary/aromatic N) is 1. The summed E-state index contributed by atoms with van der Waals surface area (Å²) in [6.07, 6.45) is -1.65. The summed E-state index contributed by atoms with van der Waals surface area (Å²) in [6.45, 7) is 1.50. The molecule has 0 aliphatic heterocycles. The lowest BCUT2D eigenvalue weighted by Crippen LogP contribution is -2.41. The van der Waals surface area contributed by atoms with Crippen LogP contribution in [0.5, 0.6) is 0 Å². The van der Waals surface area contributed by atoms with E-state index in [-0.39, 0.29) is 26.2 Å². The topological polar surface area (TPSA) is 85.3 Å². The van der Waals surface area contributed by atoms with Gasteiger partial charge in [0, 0.05) is 6.61 Å². The zero-order valence-corrected chi connectivity index (χ0v) is 15.1. The molecule has 27 heavy (non-hydrogen) atoms. The van der Waals surface area contributed by atoms with Crippen LogP contribution < -0.4 is 0 Å². The Morgan fingerprint density at radius 3 is 1.96 bits per heavy atom. The quantitative estimate of drug-likeness (QED) is 0.589. The lowest BCUT2D eigenvalue weighted by molar-refractivity contribution is -0.136. The Kier molecular flexibility index (Phi) is 8.12. The zero-order valence-electron chi connectivity index (χ0n) is 15.1.